The van der Waals surface area contributed by atoms with Crippen molar-refractivity contribution in [3.8, 4) is 5.69 Å². The van der Waals surface area contributed by atoms with E-state index >= 15 is 0 Å². The topological polar surface area (TPSA) is 55.4 Å². The Bertz CT molecular complexity index is 1090. The van der Waals surface area contributed by atoms with E-state index in [0.29, 0.717) is 0 Å². The largest absolute Gasteiger partial charge is 0.317 e. The van der Waals surface area contributed by atoms with Crippen LogP contribution in [0.2, 0.25) is 0 Å². The van der Waals surface area contributed by atoms with Crippen LogP contribution in [0.3, 0.4) is 0 Å². The summed E-state index contributed by atoms with van der Waals surface area (Å²) in [6.07, 6.45) is 0. The molecule has 134 valence electrons. The summed E-state index contributed by atoms with van der Waals surface area (Å²) >= 11 is 0. The molecule has 2 aromatic carbocycles. The number of hydrogen-bond acceptors (Lipinski definition) is 4. The van der Waals surface area contributed by atoms with Crippen LogP contribution in [0.4, 0.5) is 11.4 Å². The van der Waals surface area contributed by atoms with Crippen molar-refractivity contribution in [3.05, 3.63) is 77.4 Å². The smallest absolute Gasteiger partial charge is 0.0858 e. The molecule has 2 aromatic heterocycles. The SMILES string of the molecule is Cc1nnc(C)c2c(C)n(-c3ccc(N=Nc4ccccc4)cc3)c(C)c12. The zero-order valence-electron chi connectivity index (χ0n) is 15.9. The van der Waals surface area contributed by atoms with Crippen molar-refractivity contribution in [1.82, 2.24) is 14.8 Å². The van der Waals surface area contributed by atoms with Crippen molar-refractivity contribution < 1.29 is 0 Å². The van der Waals surface area contributed by atoms with Gasteiger partial charge in [0, 0.05) is 27.8 Å². The lowest BCUT2D eigenvalue weighted by atomic mass is 10.1. The van der Waals surface area contributed by atoms with Gasteiger partial charge in [0.1, 0.15) is 0 Å². The van der Waals surface area contributed by atoms with Gasteiger partial charge in [0.15, 0.2) is 0 Å². The summed E-state index contributed by atoms with van der Waals surface area (Å²) < 4.78 is 2.26. The fourth-order valence-corrected chi connectivity index (χ4v) is 3.64. The minimum atomic E-state index is 0.824. The van der Waals surface area contributed by atoms with Gasteiger partial charge < -0.3 is 4.57 Å². The molecule has 0 N–H and O–H groups in total. The maximum absolute atomic E-state index is 4.32. The van der Waals surface area contributed by atoms with Gasteiger partial charge in [-0.3, -0.25) is 0 Å². The number of rotatable bonds is 3. The molecule has 0 aliphatic rings. The van der Waals surface area contributed by atoms with Crippen molar-refractivity contribution >= 4 is 22.1 Å². The van der Waals surface area contributed by atoms with E-state index < -0.39 is 0 Å². The van der Waals surface area contributed by atoms with Gasteiger partial charge in [-0.1, -0.05) is 18.2 Å². The molecule has 0 unspecified atom stereocenters. The van der Waals surface area contributed by atoms with Crippen LogP contribution >= 0.6 is 0 Å². The molecule has 0 saturated carbocycles. The molecule has 0 fully saturated rings. The first-order valence-electron chi connectivity index (χ1n) is 8.95. The lowest BCUT2D eigenvalue weighted by molar-refractivity contribution is 0.964. The van der Waals surface area contributed by atoms with Crippen molar-refractivity contribution in [1.29, 1.82) is 0 Å². The summed E-state index contributed by atoms with van der Waals surface area (Å²) in [6, 6.07) is 17.9. The van der Waals surface area contributed by atoms with Gasteiger partial charge in [-0.2, -0.15) is 20.4 Å². The van der Waals surface area contributed by atoms with Crippen LogP contribution in [0.15, 0.2) is 64.8 Å². The third-order valence-electron chi connectivity index (χ3n) is 4.86. The Morgan fingerprint density at radius 2 is 1.11 bits per heavy atom. The zero-order valence-corrected chi connectivity index (χ0v) is 15.9. The maximum Gasteiger partial charge on any atom is 0.0858 e. The summed E-state index contributed by atoms with van der Waals surface area (Å²) in [6.45, 7) is 8.29. The highest BCUT2D eigenvalue weighted by Gasteiger charge is 2.17. The highest BCUT2D eigenvalue weighted by atomic mass is 15.1. The van der Waals surface area contributed by atoms with Gasteiger partial charge in [0.05, 0.1) is 22.8 Å². The van der Waals surface area contributed by atoms with E-state index in [0.717, 1.165) is 28.5 Å². The number of azo groups is 1. The number of aromatic nitrogens is 3. The molecule has 0 spiro atoms. The summed E-state index contributed by atoms with van der Waals surface area (Å²) in [5, 5.41) is 19.6. The van der Waals surface area contributed by atoms with E-state index in [1.54, 1.807) is 0 Å². The molecule has 0 aliphatic heterocycles. The summed E-state index contributed by atoms with van der Waals surface area (Å²) in [7, 11) is 0. The average Bonchev–Trinajstić information content (AvgIpc) is 2.96. The van der Waals surface area contributed by atoms with Gasteiger partial charge >= 0.3 is 0 Å². The molecule has 0 atom stereocenters. The van der Waals surface area contributed by atoms with Crippen LogP contribution in [0, 0.1) is 27.7 Å². The second kappa shape index (κ2) is 6.76. The summed E-state index contributed by atoms with van der Waals surface area (Å²) in [5.41, 5.74) is 7.04. The van der Waals surface area contributed by atoms with E-state index in [9.17, 15) is 0 Å². The van der Waals surface area contributed by atoms with E-state index in [-0.39, 0.29) is 0 Å². The summed E-state index contributed by atoms with van der Waals surface area (Å²) in [5.74, 6) is 0. The van der Waals surface area contributed by atoms with Gasteiger partial charge in [-0.15, -0.1) is 0 Å². The average molecular weight is 355 g/mol. The Morgan fingerprint density at radius 3 is 1.63 bits per heavy atom. The van der Waals surface area contributed by atoms with Crippen LogP contribution in [0.25, 0.3) is 16.5 Å². The molecule has 0 saturated heterocycles. The maximum atomic E-state index is 4.32. The van der Waals surface area contributed by atoms with Crippen molar-refractivity contribution in [3.63, 3.8) is 0 Å². The molecule has 27 heavy (non-hydrogen) atoms. The first-order chi connectivity index (χ1) is 13.1. The molecule has 0 aliphatic carbocycles. The number of aryl methyl sites for hydroxylation is 4. The summed E-state index contributed by atoms with van der Waals surface area (Å²) in [4.78, 5) is 0. The van der Waals surface area contributed by atoms with Crippen LogP contribution < -0.4 is 0 Å². The first kappa shape index (κ1) is 17.1. The second-order valence-corrected chi connectivity index (χ2v) is 6.68. The third-order valence-corrected chi connectivity index (χ3v) is 4.86. The monoisotopic (exact) mass is 355 g/mol. The molecule has 0 radical (unpaired) electrons. The first-order valence-corrected chi connectivity index (χ1v) is 8.95. The predicted octanol–water partition coefficient (Wildman–Crippen LogP) is 6.07. The Kier molecular flexibility index (Phi) is 4.28. The highest BCUT2D eigenvalue weighted by molar-refractivity contribution is 5.92. The van der Waals surface area contributed by atoms with Gasteiger partial charge in [0.25, 0.3) is 0 Å². The Labute approximate surface area is 158 Å². The van der Waals surface area contributed by atoms with Crippen molar-refractivity contribution in [2.24, 2.45) is 10.2 Å². The number of nitrogens with zero attached hydrogens (tertiary/aromatic N) is 5. The molecule has 0 amide bonds. The molecule has 5 nitrogen and oxygen atoms in total. The Morgan fingerprint density at radius 1 is 0.630 bits per heavy atom. The van der Waals surface area contributed by atoms with Crippen LogP contribution in [0.1, 0.15) is 22.8 Å². The van der Waals surface area contributed by atoms with Gasteiger partial charge in [-0.05, 0) is 64.1 Å². The van der Waals surface area contributed by atoms with E-state index in [1.165, 1.54) is 22.2 Å². The van der Waals surface area contributed by atoms with E-state index in [2.05, 4.69) is 51.0 Å². The molecule has 4 rings (SSSR count). The lowest BCUT2D eigenvalue weighted by Gasteiger charge is -2.09. The number of benzene rings is 2. The van der Waals surface area contributed by atoms with Crippen molar-refractivity contribution in [2.45, 2.75) is 27.7 Å². The van der Waals surface area contributed by atoms with Crippen LogP contribution in [-0.4, -0.2) is 14.8 Å². The number of hydrogen-bond donors (Lipinski definition) is 0. The fraction of sp³-hybridized carbons (Fsp3) is 0.182. The van der Waals surface area contributed by atoms with Gasteiger partial charge in [-0.25, -0.2) is 0 Å². The molecular formula is C22H21N5. The fourth-order valence-electron chi connectivity index (χ4n) is 3.64. The molecule has 0 bridgehead atoms. The highest BCUT2D eigenvalue weighted by Crippen LogP contribution is 2.32. The predicted molar refractivity (Wildman–Crippen MR) is 108 cm³/mol. The minimum absolute atomic E-state index is 0.824. The Hall–Kier alpha value is -3.34. The van der Waals surface area contributed by atoms with Crippen molar-refractivity contribution in [2.75, 3.05) is 0 Å². The van der Waals surface area contributed by atoms with Gasteiger partial charge in [0.2, 0.25) is 0 Å². The normalized spacial score (nSPS) is 11.6. The number of fused-ring (bicyclic) bond motifs is 1. The Balaban J connectivity index is 1.74. The lowest BCUT2D eigenvalue weighted by Crippen LogP contribution is -1.98. The van der Waals surface area contributed by atoms with Crippen LogP contribution in [-0.2, 0) is 0 Å². The molecule has 4 aromatic rings. The molecular weight excluding hydrogens is 334 g/mol. The molecule has 5 heteroatoms. The zero-order chi connectivity index (χ0) is 19.0. The third kappa shape index (κ3) is 3.01. The molecule has 2 heterocycles. The quantitative estimate of drug-likeness (QED) is 0.419. The standard InChI is InChI=1S/C22H21N5/c1-14-21-16(3)27(17(4)22(21)15(2)24-23-14)20-12-10-19(11-13-20)26-25-18-8-6-5-7-9-18/h5-13H,1-4H3. The van der Waals surface area contributed by atoms with E-state index in [1.807, 2.05) is 56.3 Å². The minimum Gasteiger partial charge on any atom is -0.317 e. The second-order valence-electron chi connectivity index (χ2n) is 6.68. The van der Waals surface area contributed by atoms with Crippen LogP contribution in [0.5, 0.6) is 0 Å². The van der Waals surface area contributed by atoms with E-state index in [4.69, 9.17) is 0 Å².